The van der Waals surface area contributed by atoms with Gasteiger partial charge in [-0.3, -0.25) is 10.1 Å². The van der Waals surface area contributed by atoms with Crippen molar-refractivity contribution in [1.29, 1.82) is 0 Å². The van der Waals surface area contributed by atoms with Crippen LogP contribution >= 0.6 is 0 Å². The Labute approximate surface area is 122 Å². The number of nitro benzene ring substituents is 1. The van der Waals surface area contributed by atoms with Crippen LogP contribution in [0.5, 0.6) is 0 Å². The smallest absolute Gasteiger partial charge is 0.274 e. The van der Waals surface area contributed by atoms with Gasteiger partial charge in [0.2, 0.25) is 0 Å². The Morgan fingerprint density at radius 2 is 1.81 bits per heavy atom. The van der Waals surface area contributed by atoms with E-state index >= 15 is 0 Å². The highest BCUT2D eigenvalue weighted by molar-refractivity contribution is 5.83. The number of hydrogen-bond acceptors (Lipinski definition) is 2. The summed E-state index contributed by atoms with van der Waals surface area (Å²) in [5.41, 5.74) is 3.33. The van der Waals surface area contributed by atoms with Crippen LogP contribution in [-0.2, 0) is 13.0 Å². The fraction of sp³-hybridized carbons (Fsp3) is 0.176. The molecule has 0 bridgehead atoms. The van der Waals surface area contributed by atoms with E-state index in [9.17, 15) is 10.1 Å². The largest absolute Gasteiger partial charge is 0.343 e. The SMILES string of the molecule is CCc1cccc2ccn(Cc3ccccc3[N+](=O)[O-])c12. The highest BCUT2D eigenvalue weighted by Gasteiger charge is 2.14. The summed E-state index contributed by atoms with van der Waals surface area (Å²) in [6.07, 6.45) is 2.94. The maximum absolute atomic E-state index is 11.1. The van der Waals surface area contributed by atoms with Gasteiger partial charge in [0.25, 0.3) is 5.69 Å². The van der Waals surface area contributed by atoms with Crippen molar-refractivity contribution >= 4 is 16.6 Å². The van der Waals surface area contributed by atoms with E-state index in [1.165, 1.54) is 10.9 Å². The minimum absolute atomic E-state index is 0.174. The Hall–Kier alpha value is -2.62. The van der Waals surface area contributed by atoms with Crippen LogP contribution in [0.25, 0.3) is 10.9 Å². The molecule has 4 heteroatoms. The summed E-state index contributed by atoms with van der Waals surface area (Å²) in [5, 5.41) is 12.3. The van der Waals surface area contributed by atoms with Crippen LogP contribution in [0.3, 0.4) is 0 Å². The second kappa shape index (κ2) is 5.40. The Kier molecular flexibility index (Phi) is 3.44. The Balaban J connectivity index is 2.09. The summed E-state index contributed by atoms with van der Waals surface area (Å²) >= 11 is 0. The second-order valence-electron chi connectivity index (χ2n) is 5.04. The summed E-state index contributed by atoms with van der Waals surface area (Å²) in [4.78, 5) is 10.8. The van der Waals surface area contributed by atoms with E-state index in [-0.39, 0.29) is 10.6 Å². The lowest BCUT2D eigenvalue weighted by Crippen LogP contribution is -2.03. The molecule has 0 aliphatic carbocycles. The first-order valence-electron chi connectivity index (χ1n) is 6.99. The summed E-state index contributed by atoms with van der Waals surface area (Å²) in [6, 6.07) is 15.2. The van der Waals surface area contributed by atoms with Crippen LogP contribution in [0, 0.1) is 10.1 Å². The molecule has 0 radical (unpaired) electrons. The lowest BCUT2D eigenvalue weighted by atomic mass is 10.1. The maximum atomic E-state index is 11.1. The van der Waals surface area contributed by atoms with Crippen molar-refractivity contribution < 1.29 is 4.92 Å². The molecule has 0 saturated carbocycles. The first kappa shape index (κ1) is 13.4. The molecule has 1 aromatic heterocycles. The van der Waals surface area contributed by atoms with Crippen LogP contribution in [0.15, 0.2) is 54.7 Å². The molecule has 3 aromatic rings. The van der Waals surface area contributed by atoms with Gasteiger partial charge in [0, 0.05) is 17.8 Å². The fourth-order valence-electron chi connectivity index (χ4n) is 2.76. The van der Waals surface area contributed by atoms with E-state index in [1.807, 2.05) is 18.3 Å². The predicted molar refractivity (Wildman–Crippen MR) is 83.5 cm³/mol. The fourth-order valence-corrected chi connectivity index (χ4v) is 2.76. The average Bonchev–Trinajstić information content (AvgIpc) is 2.91. The lowest BCUT2D eigenvalue weighted by molar-refractivity contribution is -0.385. The Morgan fingerprint density at radius 1 is 1.05 bits per heavy atom. The van der Waals surface area contributed by atoms with E-state index in [0.717, 1.165) is 17.5 Å². The third-order valence-electron chi connectivity index (χ3n) is 3.78. The molecule has 21 heavy (non-hydrogen) atoms. The zero-order valence-corrected chi connectivity index (χ0v) is 11.8. The normalized spacial score (nSPS) is 10.9. The summed E-state index contributed by atoms with van der Waals surface area (Å²) < 4.78 is 2.09. The highest BCUT2D eigenvalue weighted by Crippen LogP contribution is 2.24. The van der Waals surface area contributed by atoms with Gasteiger partial charge in [0.1, 0.15) is 0 Å². The van der Waals surface area contributed by atoms with E-state index in [2.05, 4.69) is 35.8 Å². The number of benzene rings is 2. The molecule has 0 fully saturated rings. The number of para-hydroxylation sites is 2. The zero-order valence-electron chi connectivity index (χ0n) is 11.8. The van der Waals surface area contributed by atoms with E-state index in [4.69, 9.17) is 0 Å². The summed E-state index contributed by atoms with van der Waals surface area (Å²) in [7, 11) is 0. The molecule has 0 aliphatic heterocycles. The van der Waals surface area contributed by atoms with Gasteiger partial charge < -0.3 is 4.57 Å². The number of aromatic nitrogens is 1. The quantitative estimate of drug-likeness (QED) is 0.532. The van der Waals surface area contributed by atoms with Crippen molar-refractivity contribution in [1.82, 2.24) is 4.57 Å². The monoisotopic (exact) mass is 280 g/mol. The third kappa shape index (κ3) is 2.40. The van der Waals surface area contributed by atoms with Gasteiger partial charge in [-0.25, -0.2) is 0 Å². The number of aryl methyl sites for hydroxylation is 1. The van der Waals surface area contributed by atoms with Gasteiger partial charge in [0.05, 0.1) is 17.0 Å². The van der Waals surface area contributed by atoms with Crippen molar-refractivity contribution in [2.24, 2.45) is 0 Å². The molecule has 106 valence electrons. The minimum atomic E-state index is -0.318. The molecule has 0 saturated heterocycles. The number of nitrogens with zero attached hydrogens (tertiary/aromatic N) is 2. The Morgan fingerprint density at radius 3 is 2.57 bits per heavy atom. The zero-order chi connectivity index (χ0) is 14.8. The molecule has 0 amide bonds. The van der Waals surface area contributed by atoms with E-state index < -0.39 is 0 Å². The molecule has 0 aliphatic rings. The van der Waals surface area contributed by atoms with Crippen LogP contribution in [0.2, 0.25) is 0 Å². The molecular weight excluding hydrogens is 264 g/mol. The molecular formula is C17H16N2O2. The molecule has 2 aromatic carbocycles. The van der Waals surface area contributed by atoms with Gasteiger partial charge in [-0.15, -0.1) is 0 Å². The lowest BCUT2D eigenvalue weighted by Gasteiger charge is -2.09. The first-order valence-corrected chi connectivity index (χ1v) is 6.99. The number of nitro groups is 1. The average molecular weight is 280 g/mol. The van der Waals surface area contributed by atoms with Crippen LogP contribution in [0.1, 0.15) is 18.1 Å². The van der Waals surface area contributed by atoms with Crippen molar-refractivity contribution in [3.05, 3.63) is 76.0 Å². The maximum Gasteiger partial charge on any atom is 0.274 e. The minimum Gasteiger partial charge on any atom is -0.343 e. The number of rotatable bonds is 4. The Bertz CT molecular complexity index is 805. The van der Waals surface area contributed by atoms with Gasteiger partial charge in [-0.1, -0.05) is 43.3 Å². The third-order valence-corrected chi connectivity index (χ3v) is 3.78. The molecule has 0 unspecified atom stereocenters. The molecule has 1 heterocycles. The van der Waals surface area contributed by atoms with Crippen molar-refractivity contribution in [3.8, 4) is 0 Å². The predicted octanol–water partition coefficient (Wildman–Crippen LogP) is 4.16. The van der Waals surface area contributed by atoms with E-state index in [1.54, 1.807) is 12.1 Å². The van der Waals surface area contributed by atoms with Crippen LogP contribution < -0.4 is 0 Å². The van der Waals surface area contributed by atoms with Gasteiger partial charge >= 0.3 is 0 Å². The van der Waals surface area contributed by atoms with Gasteiger partial charge in [0.15, 0.2) is 0 Å². The molecule has 0 spiro atoms. The number of fused-ring (bicyclic) bond motifs is 1. The molecule has 0 N–H and O–H groups in total. The number of hydrogen-bond donors (Lipinski definition) is 0. The highest BCUT2D eigenvalue weighted by atomic mass is 16.6. The van der Waals surface area contributed by atoms with Crippen molar-refractivity contribution in [2.75, 3.05) is 0 Å². The van der Waals surface area contributed by atoms with Gasteiger partial charge in [-0.05, 0) is 23.4 Å². The molecule has 4 nitrogen and oxygen atoms in total. The summed E-state index contributed by atoms with van der Waals surface area (Å²) in [5.74, 6) is 0. The first-order chi connectivity index (χ1) is 10.2. The van der Waals surface area contributed by atoms with Gasteiger partial charge in [-0.2, -0.15) is 0 Å². The van der Waals surface area contributed by atoms with Crippen molar-refractivity contribution in [3.63, 3.8) is 0 Å². The molecule has 3 rings (SSSR count). The second-order valence-corrected chi connectivity index (χ2v) is 5.04. The topological polar surface area (TPSA) is 48.1 Å². The van der Waals surface area contributed by atoms with Crippen LogP contribution in [0.4, 0.5) is 5.69 Å². The van der Waals surface area contributed by atoms with E-state index in [0.29, 0.717) is 6.54 Å². The summed E-state index contributed by atoms with van der Waals surface area (Å²) in [6.45, 7) is 2.63. The van der Waals surface area contributed by atoms with Crippen LogP contribution in [-0.4, -0.2) is 9.49 Å². The standard InChI is InChI=1S/C17H16N2O2/c1-2-13-7-5-8-14-10-11-18(17(13)14)12-15-6-3-4-9-16(15)19(20)21/h3-11H,2,12H2,1H3. The molecule has 0 atom stereocenters. The van der Waals surface area contributed by atoms with Crippen molar-refractivity contribution in [2.45, 2.75) is 19.9 Å².